The second kappa shape index (κ2) is 4.39. The predicted octanol–water partition coefficient (Wildman–Crippen LogP) is 2.14. The molecule has 19 heavy (non-hydrogen) atoms. The van der Waals surface area contributed by atoms with E-state index in [4.69, 9.17) is 0 Å². The molecule has 1 amide bonds. The second-order valence-corrected chi connectivity index (χ2v) is 4.73. The van der Waals surface area contributed by atoms with Crippen molar-refractivity contribution in [2.24, 2.45) is 0 Å². The van der Waals surface area contributed by atoms with E-state index < -0.39 is 0 Å². The van der Waals surface area contributed by atoms with Gasteiger partial charge in [-0.2, -0.15) is 0 Å². The zero-order valence-electron chi connectivity index (χ0n) is 10.7. The average Bonchev–Trinajstić information content (AvgIpc) is 2.86. The molecule has 1 aromatic carbocycles. The van der Waals surface area contributed by atoms with Crippen LogP contribution < -0.4 is 0 Å². The van der Waals surface area contributed by atoms with Crippen LogP contribution in [0, 0.1) is 0 Å². The second-order valence-electron chi connectivity index (χ2n) is 4.73. The number of aromatic nitrogens is 1. The average molecular weight is 254 g/mol. The van der Waals surface area contributed by atoms with Crippen molar-refractivity contribution >= 4 is 11.7 Å². The SMILES string of the molecule is CN1CCC(=O)c2cn(-c3ccccc3)cc2C1=O. The molecular formula is C15H14N2O2. The number of rotatable bonds is 1. The van der Waals surface area contributed by atoms with E-state index in [2.05, 4.69) is 0 Å². The molecule has 0 unspecified atom stereocenters. The highest BCUT2D eigenvalue weighted by atomic mass is 16.2. The normalized spacial score (nSPS) is 15.3. The number of carbonyl (C=O) groups excluding carboxylic acids is 2. The summed E-state index contributed by atoms with van der Waals surface area (Å²) in [5, 5.41) is 0. The van der Waals surface area contributed by atoms with E-state index in [9.17, 15) is 9.59 Å². The van der Waals surface area contributed by atoms with Crippen LogP contribution in [0.25, 0.3) is 5.69 Å². The van der Waals surface area contributed by atoms with E-state index in [0.717, 1.165) is 5.69 Å². The monoisotopic (exact) mass is 254 g/mol. The fourth-order valence-electron chi connectivity index (χ4n) is 2.31. The lowest BCUT2D eigenvalue weighted by Gasteiger charge is -2.12. The molecule has 1 aromatic heterocycles. The van der Waals surface area contributed by atoms with Gasteiger partial charge < -0.3 is 9.47 Å². The van der Waals surface area contributed by atoms with Crippen molar-refractivity contribution in [2.45, 2.75) is 6.42 Å². The summed E-state index contributed by atoms with van der Waals surface area (Å²) < 4.78 is 1.83. The van der Waals surface area contributed by atoms with Gasteiger partial charge >= 0.3 is 0 Å². The molecule has 96 valence electrons. The van der Waals surface area contributed by atoms with Crippen LogP contribution >= 0.6 is 0 Å². The standard InChI is InChI=1S/C15H14N2O2/c1-16-8-7-14(18)12-9-17(10-13(12)15(16)19)11-5-3-2-4-6-11/h2-6,9-10H,7-8H2,1H3. The van der Waals surface area contributed by atoms with E-state index in [1.807, 2.05) is 34.9 Å². The number of benzene rings is 1. The van der Waals surface area contributed by atoms with Crippen molar-refractivity contribution in [1.29, 1.82) is 0 Å². The van der Waals surface area contributed by atoms with Gasteiger partial charge in [-0.05, 0) is 12.1 Å². The molecular weight excluding hydrogens is 240 g/mol. The number of hydrogen-bond acceptors (Lipinski definition) is 2. The predicted molar refractivity (Wildman–Crippen MR) is 71.7 cm³/mol. The minimum atomic E-state index is -0.0875. The van der Waals surface area contributed by atoms with Crippen LogP contribution in [0.1, 0.15) is 27.1 Å². The largest absolute Gasteiger partial charge is 0.341 e. The third-order valence-corrected chi connectivity index (χ3v) is 3.43. The summed E-state index contributed by atoms with van der Waals surface area (Å²) in [6.45, 7) is 0.484. The summed E-state index contributed by atoms with van der Waals surface area (Å²) in [5.41, 5.74) is 1.96. The number of fused-ring (bicyclic) bond motifs is 1. The lowest BCUT2D eigenvalue weighted by molar-refractivity contribution is 0.0797. The molecule has 2 aromatic rings. The topological polar surface area (TPSA) is 42.3 Å². The molecule has 0 spiro atoms. The van der Waals surface area contributed by atoms with Crippen molar-refractivity contribution in [2.75, 3.05) is 13.6 Å². The van der Waals surface area contributed by atoms with Crippen molar-refractivity contribution in [3.63, 3.8) is 0 Å². The molecule has 4 heteroatoms. The van der Waals surface area contributed by atoms with Crippen LogP contribution in [-0.2, 0) is 0 Å². The van der Waals surface area contributed by atoms with Crippen molar-refractivity contribution in [1.82, 2.24) is 9.47 Å². The lowest BCUT2D eigenvalue weighted by atomic mass is 10.1. The van der Waals surface area contributed by atoms with Gasteiger partial charge in [-0.1, -0.05) is 18.2 Å². The molecule has 0 atom stereocenters. The first-order chi connectivity index (χ1) is 9.16. The lowest BCUT2D eigenvalue weighted by Crippen LogP contribution is -2.26. The summed E-state index contributed by atoms with van der Waals surface area (Å²) in [5.74, 6) is -0.0575. The highest BCUT2D eigenvalue weighted by Gasteiger charge is 2.26. The number of amides is 1. The molecule has 1 aliphatic heterocycles. The highest BCUT2D eigenvalue weighted by molar-refractivity contribution is 6.09. The molecule has 0 N–H and O–H groups in total. The Bertz CT molecular complexity index is 643. The first kappa shape index (κ1) is 11.7. The summed E-state index contributed by atoms with van der Waals surface area (Å²) in [7, 11) is 1.73. The Balaban J connectivity index is 2.12. The van der Waals surface area contributed by atoms with Crippen LogP contribution in [0.4, 0.5) is 0 Å². The van der Waals surface area contributed by atoms with E-state index in [-0.39, 0.29) is 11.7 Å². The number of hydrogen-bond donors (Lipinski definition) is 0. The number of Topliss-reactive ketones (excluding diaryl/α,β-unsaturated/α-hetero) is 1. The summed E-state index contributed by atoms with van der Waals surface area (Å²) in [6, 6.07) is 9.67. The Kier molecular flexibility index (Phi) is 2.71. The highest BCUT2D eigenvalue weighted by Crippen LogP contribution is 2.21. The molecule has 0 saturated carbocycles. The summed E-state index contributed by atoms with van der Waals surface area (Å²) in [4.78, 5) is 25.8. The minimum Gasteiger partial charge on any atom is -0.341 e. The molecule has 0 radical (unpaired) electrons. The molecule has 0 bridgehead atoms. The number of nitrogens with zero attached hydrogens (tertiary/aromatic N) is 2. The maximum Gasteiger partial charge on any atom is 0.255 e. The fourth-order valence-corrected chi connectivity index (χ4v) is 2.31. The van der Waals surface area contributed by atoms with Gasteiger partial charge in [-0.3, -0.25) is 9.59 Å². The maximum absolute atomic E-state index is 12.2. The Labute approximate surface area is 111 Å². The van der Waals surface area contributed by atoms with Crippen LogP contribution in [0.5, 0.6) is 0 Å². The van der Waals surface area contributed by atoms with Gasteiger partial charge in [0, 0.05) is 43.7 Å². The van der Waals surface area contributed by atoms with Gasteiger partial charge in [0.1, 0.15) is 0 Å². The van der Waals surface area contributed by atoms with E-state index in [0.29, 0.717) is 24.1 Å². The van der Waals surface area contributed by atoms with Gasteiger partial charge in [0.05, 0.1) is 5.56 Å². The molecule has 0 fully saturated rings. The molecule has 1 aliphatic rings. The van der Waals surface area contributed by atoms with Crippen molar-refractivity contribution in [3.05, 3.63) is 53.9 Å². The molecule has 3 rings (SSSR count). The molecule has 0 saturated heterocycles. The van der Waals surface area contributed by atoms with Gasteiger partial charge in [-0.25, -0.2) is 0 Å². The molecule has 0 aliphatic carbocycles. The van der Waals surface area contributed by atoms with Gasteiger partial charge in [0.25, 0.3) is 5.91 Å². The van der Waals surface area contributed by atoms with Crippen molar-refractivity contribution in [3.8, 4) is 5.69 Å². The maximum atomic E-state index is 12.2. The fraction of sp³-hybridized carbons (Fsp3) is 0.200. The third-order valence-electron chi connectivity index (χ3n) is 3.43. The van der Waals surface area contributed by atoms with E-state index >= 15 is 0 Å². The van der Waals surface area contributed by atoms with Crippen LogP contribution in [0.2, 0.25) is 0 Å². The van der Waals surface area contributed by atoms with Gasteiger partial charge in [0.15, 0.2) is 5.78 Å². The van der Waals surface area contributed by atoms with Crippen LogP contribution in [0.3, 0.4) is 0 Å². The van der Waals surface area contributed by atoms with Crippen LogP contribution in [-0.4, -0.2) is 34.7 Å². The quantitative estimate of drug-likeness (QED) is 0.782. The van der Waals surface area contributed by atoms with E-state index in [1.165, 1.54) is 0 Å². The first-order valence-electron chi connectivity index (χ1n) is 6.23. The first-order valence-corrected chi connectivity index (χ1v) is 6.23. The van der Waals surface area contributed by atoms with Gasteiger partial charge in [0.2, 0.25) is 0 Å². The van der Waals surface area contributed by atoms with Crippen LogP contribution in [0.15, 0.2) is 42.7 Å². The zero-order chi connectivity index (χ0) is 13.4. The number of ketones is 1. The Morgan fingerprint density at radius 2 is 1.68 bits per heavy atom. The summed E-state index contributed by atoms with van der Waals surface area (Å²) >= 11 is 0. The zero-order valence-corrected chi connectivity index (χ0v) is 10.7. The summed E-state index contributed by atoms with van der Waals surface area (Å²) in [6.07, 6.45) is 3.88. The Morgan fingerprint density at radius 3 is 2.42 bits per heavy atom. The minimum absolute atomic E-state index is 0.0300. The van der Waals surface area contributed by atoms with E-state index in [1.54, 1.807) is 24.3 Å². The molecule has 4 nitrogen and oxygen atoms in total. The van der Waals surface area contributed by atoms with Crippen molar-refractivity contribution < 1.29 is 9.59 Å². The third kappa shape index (κ3) is 1.95. The molecule has 2 heterocycles. The Hall–Kier alpha value is -2.36. The number of para-hydroxylation sites is 1. The Morgan fingerprint density at radius 1 is 1.00 bits per heavy atom. The number of carbonyl (C=O) groups is 2. The van der Waals surface area contributed by atoms with Gasteiger partial charge in [-0.15, -0.1) is 0 Å². The smallest absolute Gasteiger partial charge is 0.255 e.